The van der Waals surface area contributed by atoms with Crippen molar-refractivity contribution in [3.05, 3.63) is 77.3 Å². The van der Waals surface area contributed by atoms with Gasteiger partial charge in [-0.15, -0.1) is 0 Å². The van der Waals surface area contributed by atoms with Crippen molar-refractivity contribution in [2.24, 2.45) is 0 Å². The monoisotopic (exact) mass is 400 g/mol. The molecule has 0 unspecified atom stereocenters. The van der Waals surface area contributed by atoms with E-state index in [0.29, 0.717) is 33.5 Å². The van der Waals surface area contributed by atoms with Crippen molar-refractivity contribution in [1.29, 1.82) is 0 Å². The van der Waals surface area contributed by atoms with Crippen LogP contribution in [-0.4, -0.2) is 27.2 Å². The van der Waals surface area contributed by atoms with E-state index in [-0.39, 0.29) is 11.4 Å². The maximum absolute atomic E-state index is 14.1. The highest BCUT2D eigenvalue weighted by Gasteiger charge is 2.22. The molecule has 0 N–H and O–H groups in total. The third-order valence-electron chi connectivity index (χ3n) is 4.02. The summed E-state index contributed by atoms with van der Waals surface area (Å²) < 4.78 is 16.5. The molecule has 2 aromatic carbocycles. The molecule has 0 saturated carbocycles. The molecule has 5 nitrogen and oxygen atoms in total. The third kappa shape index (κ3) is 3.70. The van der Waals surface area contributed by atoms with Gasteiger partial charge < -0.3 is 0 Å². The van der Waals surface area contributed by atoms with Crippen LogP contribution in [0.1, 0.15) is 10.4 Å². The summed E-state index contributed by atoms with van der Waals surface area (Å²) in [5, 5.41) is 5.08. The molecule has 1 amide bonds. The molecule has 4 aromatic rings. The molecule has 0 spiro atoms. The van der Waals surface area contributed by atoms with Gasteiger partial charge in [0, 0.05) is 29.5 Å². The van der Waals surface area contributed by atoms with Crippen LogP contribution in [0.15, 0.2) is 60.9 Å². The Morgan fingerprint density at radius 1 is 1.22 bits per heavy atom. The molecule has 27 heavy (non-hydrogen) atoms. The Labute approximate surface area is 163 Å². The number of para-hydroxylation sites is 1. The molecule has 0 fully saturated rings. The Balaban J connectivity index is 1.72. The Kier molecular flexibility index (Phi) is 4.87. The van der Waals surface area contributed by atoms with E-state index in [9.17, 15) is 9.18 Å². The number of carbonyl (C=O) groups is 1. The number of rotatable bonds is 5. The highest BCUT2D eigenvalue weighted by molar-refractivity contribution is 7.22. The molecule has 0 bridgehead atoms. The van der Waals surface area contributed by atoms with Gasteiger partial charge in [-0.1, -0.05) is 35.1 Å². The van der Waals surface area contributed by atoms with E-state index in [1.165, 1.54) is 22.3 Å². The van der Waals surface area contributed by atoms with Crippen molar-refractivity contribution in [3.63, 3.8) is 0 Å². The lowest BCUT2D eigenvalue weighted by Crippen LogP contribution is -2.34. The Morgan fingerprint density at radius 2 is 2.07 bits per heavy atom. The number of nitrogens with zero attached hydrogens (tertiary/aromatic N) is 4. The summed E-state index contributed by atoms with van der Waals surface area (Å²) in [5.74, 6) is -0.652. The average molecular weight is 401 g/mol. The van der Waals surface area contributed by atoms with Gasteiger partial charge in [-0.3, -0.25) is 14.4 Å². The molecule has 2 heterocycles. The summed E-state index contributed by atoms with van der Waals surface area (Å²) in [5.41, 5.74) is 0.711. The summed E-state index contributed by atoms with van der Waals surface area (Å²) in [4.78, 5) is 19.0. The number of aromatic nitrogens is 3. The summed E-state index contributed by atoms with van der Waals surface area (Å²) in [6.45, 7) is 0.826. The number of hydrogen-bond donors (Lipinski definition) is 0. The number of anilines is 1. The highest BCUT2D eigenvalue weighted by Crippen LogP contribution is 2.31. The number of halogens is 2. The lowest BCUT2D eigenvalue weighted by atomic mass is 10.2. The first-order valence-corrected chi connectivity index (χ1v) is 9.41. The van der Waals surface area contributed by atoms with E-state index in [4.69, 9.17) is 11.6 Å². The largest absolute Gasteiger partial charge is 0.282 e. The predicted octanol–water partition coefficient (Wildman–Crippen LogP) is 4.63. The summed E-state index contributed by atoms with van der Waals surface area (Å²) in [6.07, 6.45) is 3.50. The quantitative estimate of drug-likeness (QED) is 0.490. The first-order valence-electron chi connectivity index (χ1n) is 8.22. The molecule has 0 atom stereocenters. The molecule has 0 aliphatic rings. The van der Waals surface area contributed by atoms with Crippen LogP contribution in [0.25, 0.3) is 10.2 Å². The van der Waals surface area contributed by atoms with Crippen molar-refractivity contribution >= 4 is 44.2 Å². The smallest absolute Gasteiger partial charge is 0.260 e. The fourth-order valence-electron chi connectivity index (χ4n) is 2.72. The Morgan fingerprint density at radius 3 is 2.81 bits per heavy atom. The fraction of sp³-hybridized carbons (Fsp3) is 0.105. The van der Waals surface area contributed by atoms with Crippen LogP contribution in [0, 0.1) is 5.82 Å². The predicted molar refractivity (Wildman–Crippen MR) is 105 cm³/mol. The van der Waals surface area contributed by atoms with E-state index in [0.717, 1.165) is 0 Å². The first kappa shape index (κ1) is 17.6. The summed E-state index contributed by atoms with van der Waals surface area (Å²) >= 11 is 7.31. The van der Waals surface area contributed by atoms with E-state index in [1.807, 2.05) is 12.3 Å². The second-order valence-electron chi connectivity index (χ2n) is 5.82. The number of benzene rings is 2. The second kappa shape index (κ2) is 7.46. The number of amides is 1. The van der Waals surface area contributed by atoms with Gasteiger partial charge in [-0.2, -0.15) is 5.10 Å². The second-order valence-corrected chi connectivity index (χ2v) is 7.26. The molecule has 8 heteroatoms. The molecular weight excluding hydrogens is 387 g/mol. The lowest BCUT2D eigenvalue weighted by Gasteiger charge is -2.20. The van der Waals surface area contributed by atoms with Crippen LogP contribution in [0.3, 0.4) is 0 Å². The highest BCUT2D eigenvalue weighted by atomic mass is 35.5. The Hall–Kier alpha value is -2.77. The zero-order valence-corrected chi connectivity index (χ0v) is 15.6. The van der Waals surface area contributed by atoms with Crippen LogP contribution in [-0.2, 0) is 6.54 Å². The van der Waals surface area contributed by atoms with Crippen molar-refractivity contribution in [2.45, 2.75) is 6.54 Å². The number of thiazole rings is 1. The molecule has 4 rings (SSSR count). The van der Waals surface area contributed by atoms with Crippen LogP contribution < -0.4 is 4.90 Å². The molecule has 0 saturated heterocycles. The fourth-order valence-corrected chi connectivity index (χ4v) is 3.91. The van der Waals surface area contributed by atoms with Crippen molar-refractivity contribution in [1.82, 2.24) is 14.8 Å². The zero-order valence-electron chi connectivity index (χ0n) is 14.0. The lowest BCUT2D eigenvalue weighted by molar-refractivity contribution is 0.0986. The minimum Gasteiger partial charge on any atom is -0.282 e. The molecule has 0 aliphatic heterocycles. The molecule has 0 aliphatic carbocycles. The van der Waals surface area contributed by atoms with Gasteiger partial charge in [-0.05, 0) is 36.4 Å². The number of hydrogen-bond acceptors (Lipinski definition) is 4. The van der Waals surface area contributed by atoms with E-state index in [2.05, 4.69) is 10.1 Å². The topological polar surface area (TPSA) is 51.0 Å². The summed E-state index contributed by atoms with van der Waals surface area (Å²) in [7, 11) is 0. The maximum atomic E-state index is 14.1. The third-order valence-corrected chi connectivity index (χ3v) is 5.30. The Bertz CT molecular complexity index is 1100. The minimum absolute atomic E-state index is 0.246. The van der Waals surface area contributed by atoms with Gasteiger partial charge in [-0.25, -0.2) is 9.37 Å². The normalized spacial score (nSPS) is 11.0. The van der Waals surface area contributed by atoms with Crippen LogP contribution in [0.2, 0.25) is 5.02 Å². The van der Waals surface area contributed by atoms with Gasteiger partial charge in [0.2, 0.25) is 0 Å². The van der Waals surface area contributed by atoms with Crippen LogP contribution in [0.4, 0.5) is 9.52 Å². The van der Waals surface area contributed by atoms with Gasteiger partial charge in [0.15, 0.2) is 5.13 Å². The average Bonchev–Trinajstić information content (AvgIpc) is 3.32. The van der Waals surface area contributed by atoms with Crippen LogP contribution >= 0.6 is 22.9 Å². The van der Waals surface area contributed by atoms with E-state index < -0.39 is 5.82 Å². The van der Waals surface area contributed by atoms with Gasteiger partial charge in [0.1, 0.15) is 11.3 Å². The van der Waals surface area contributed by atoms with Gasteiger partial charge in [0.25, 0.3) is 5.91 Å². The summed E-state index contributed by atoms with van der Waals surface area (Å²) in [6, 6.07) is 13.3. The number of fused-ring (bicyclic) bond motifs is 1. The minimum atomic E-state index is -0.405. The van der Waals surface area contributed by atoms with Gasteiger partial charge >= 0.3 is 0 Å². The zero-order chi connectivity index (χ0) is 18.8. The van der Waals surface area contributed by atoms with Gasteiger partial charge in [0.05, 0.1) is 11.2 Å². The molecule has 2 aromatic heterocycles. The first-order chi connectivity index (χ1) is 13.1. The number of carbonyl (C=O) groups excluding carboxylic acids is 1. The van der Waals surface area contributed by atoms with Crippen LogP contribution in [0.5, 0.6) is 0 Å². The molecule has 0 radical (unpaired) electrons. The van der Waals surface area contributed by atoms with Crippen molar-refractivity contribution in [2.75, 3.05) is 11.4 Å². The van der Waals surface area contributed by atoms with Crippen molar-refractivity contribution < 1.29 is 9.18 Å². The van der Waals surface area contributed by atoms with E-state index in [1.54, 1.807) is 47.3 Å². The molecular formula is C19H14ClFN4OS. The maximum Gasteiger partial charge on any atom is 0.260 e. The van der Waals surface area contributed by atoms with E-state index >= 15 is 0 Å². The standard InChI is InChI=1S/C19H14ClFN4OS/c20-14-5-1-4-13(12-14)18(26)25(11-10-24-9-3-8-22-24)19-23-17-15(21)6-2-7-16(17)27-19/h1-9,12H,10-11H2. The molecule has 136 valence electrons. The SMILES string of the molecule is O=C(c1cccc(Cl)c1)N(CCn1cccn1)c1nc2c(F)cccc2s1. The van der Waals surface area contributed by atoms with Crippen molar-refractivity contribution in [3.8, 4) is 0 Å².